The second kappa shape index (κ2) is 6.39. The molecule has 112 valence electrons. The molecule has 0 spiro atoms. The largest absolute Gasteiger partial charge is 0.323 e. The summed E-state index contributed by atoms with van der Waals surface area (Å²) in [5.74, 6) is -0.547. The van der Waals surface area contributed by atoms with Gasteiger partial charge in [0.25, 0.3) is 0 Å². The maximum Gasteiger partial charge on any atom is 0.323 e. The number of nitrogens with zero attached hydrogens (tertiary/aromatic N) is 2. The molecule has 0 amide bonds. The number of hydrogen-bond donors (Lipinski definition) is 0. The van der Waals surface area contributed by atoms with E-state index in [2.05, 4.69) is 4.40 Å². The number of hydrogen-bond acceptors (Lipinski definition) is 3. The minimum absolute atomic E-state index is 0.0332. The van der Waals surface area contributed by atoms with E-state index >= 15 is 0 Å². The van der Waals surface area contributed by atoms with Crippen LogP contribution in [-0.4, -0.2) is 36.3 Å². The number of Topliss-reactive ketones (excluding diaryl/α,β-unsaturated/α-hetero) is 1. The second-order valence-corrected chi connectivity index (χ2v) is 7.14. The van der Waals surface area contributed by atoms with E-state index in [1.165, 1.54) is 16.5 Å². The molecule has 1 aliphatic carbocycles. The summed E-state index contributed by atoms with van der Waals surface area (Å²) >= 11 is 11.4. The third kappa shape index (κ3) is 3.91. The molecule has 0 radical (unpaired) electrons. The van der Waals surface area contributed by atoms with E-state index in [4.69, 9.17) is 23.2 Å². The fourth-order valence-electron chi connectivity index (χ4n) is 1.91. The molecule has 8 heteroatoms. The predicted molar refractivity (Wildman–Crippen MR) is 81.3 cm³/mol. The maximum atomic E-state index is 12.3. The van der Waals surface area contributed by atoms with Crippen LogP contribution in [-0.2, 0) is 15.0 Å². The van der Waals surface area contributed by atoms with Gasteiger partial charge in [-0.25, -0.2) is 0 Å². The quantitative estimate of drug-likeness (QED) is 0.740. The Labute approximate surface area is 129 Å². The Morgan fingerprint density at radius 2 is 1.45 bits per heavy atom. The monoisotopic (exact) mass is 338 g/mol. The minimum Gasteiger partial charge on any atom is -0.287 e. The van der Waals surface area contributed by atoms with Crippen LogP contribution in [0.15, 0.2) is 26.6 Å². The summed E-state index contributed by atoms with van der Waals surface area (Å²) in [6.45, 7) is 7.03. The molecule has 20 heavy (non-hydrogen) atoms. The van der Waals surface area contributed by atoms with Crippen molar-refractivity contribution in [3.63, 3.8) is 0 Å². The number of carbonyl (C=O) groups excluding carboxylic acids is 1. The van der Waals surface area contributed by atoms with Gasteiger partial charge in [-0.1, -0.05) is 23.2 Å². The fraction of sp³-hybridized carbons (Fsp3) is 0.500. The third-order valence-corrected chi connectivity index (χ3v) is 4.87. The maximum absolute atomic E-state index is 12.3. The zero-order valence-electron chi connectivity index (χ0n) is 11.6. The van der Waals surface area contributed by atoms with Crippen LogP contribution in [0.3, 0.4) is 0 Å². The van der Waals surface area contributed by atoms with Crippen LogP contribution in [0.25, 0.3) is 0 Å². The number of allylic oxidation sites excluding steroid dienone is 4. The molecular weight excluding hydrogens is 323 g/mol. The number of ketones is 1. The molecule has 0 unspecified atom stereocenters. The van der Waals surface area contributed by atoms with Crippen molar-refractivity contribution < 1.29 is 13.2 Å². The molecule has 0 heterocycles. The highest BCUT2D eigenvalue weighted by Crippen LogP contribution is 2.21. The first-order valence-electron chi connectivity index (χ1n) is 5.98. The van der Waals surface area contributed by atoms with Gasteiger partial charge in [-0.05, 0) is 39.8 Å². The van der Waals surface area contributed by atoms with E-state index in [0.717, 1.165) is 0 Å². The van der Waals surface area contributed by atoms with Gasteiger partial charge >= 0.3 is 10.2 Å². The smallest absolute Gasteiger partial charge is 0.287 e. The molecular formula is C12H16Cl2N2O3S. The molecule has 0 aliphatic heterocycles. The van der Waals surface area contributed by atoms with Crippen LogP contribution in [0.4, 0.5) is 0 Å². The fourth-order valence-corrected chi connectivity index (χ4v) is 3.92. The van der Waals surface area contributed by atoms with Crippen molar-refractivity contribution in [1.29, 1.82) is 0 Å². The van der Waals surface area contributed by atoms with Gasteiger partial charge in [0.05, 0.1) is 15.8 Å². The molecule has 0 saturated heterocycles. The summed E-state index contributed by atoms with van der Waals surface area (Å²) in [6, 6.07) is -0.484. The normalized spacial score (nSPS) is 16.9. The molecule has 0 saturated carbocycles. The first-order chi connectivity index (χ1) is 9.06. The molecule has 5 nitrogen and oxygen atoms in total. The lowest BCUT2D eigenvalue weighted by atomic mass is 10.1. The van der Waals surface area contributed by atoms with Crippen LogP contribution < -0.4 is 0 Å². The molecule has 0 N–H and O–H groups in total. The van der Waals surface area contributed by atoms with Crippen molar-refractivity contribution in [2.45, 2.75) is 39.8 Å². The zero-order chi connectivity index (χ0) is 15.7. The van der Waals surface area contributed by atoms with Crippen molar-refractivity contribution in [1.82, 2.24) is 4.31 Å². The van der Waals surface area contributed by atoms with Crippen LogP contribution in [0.5, 0.6) is 0 Å². The zero-order valence-corrected chi connectivity index (χ0v) is 13.9. The van der Waals surface area contributed by atoms with E-state index in [1.807, 2.05) is 0 Å². The highest BCUT2D eigenvalue weighted by atomic mass is 35.5. The van der Waals surface area contributed by atoms with E-state index < -0.39 is 16.0 Å². The Hall–Kier alpha value is -0.690. The number of halogens is 2. The summed E-state index contributed by atoms with van der Waals surface area (Å²) in [6.07, 6.45) is 2.37. The number of rotatable bonds is 4. The minimum atomic E-state index is -3.88. The summed E-state index contributed by atoms with van der Waals surface area (Å²) in [5, 5.41) is -0.320. The number of carbonyl (C=O) groups is 1. The summed E-state index contributed by atoms with van der Waals surface area (Å²) in [7, 11) is -3.88. The lowest BCUT2D eigenvalue weighted by molar-refractivity contribution is -0.111. The molecule has 0 atom stereocenters. The van der Waals surface area contributed by atoms with E-state index in [-0.39, 0.29) is 27.9 Å². The first kappa shape index (κ1) is 17.4. The van der Waals surface area contributed by atoms with Crippen molar-refractivity contribution in [3.05, 3.63) is 22.2 Å². The lowest BCUT2D eigenvalue weighted by Crippen LogP contribution is -2.41. The van der Waals surface area contributed by atoms with Gasteiger partial charge in [0.1, 0.15) is 0 Å². The van der Waals surface area contributed by atoms with Crippen LogP contribution in [0.2, 0.25) is 0 Å². The van der Waals surface area contributed by atoms with Crippen molar-refractivity contribution in [2.75, 3.05) is 0 Å². The third-order valence-electron chi connectivity index (χ3n) is 2.49. The van der Waals surface area contributed by atoms with E-state index in [1.54, 1.807) is 27.7 Å². The summed E-state index contributed by atoms with van der Waals surface area (Å²) < 4.78 is 29.5. The van der Waals surface area contributed by atoms with Gasteiger partial charge in [0, 0.05) is 12.1 Å². The lowest BCUT2D eigenvalue weighted by Gasteiger charge is -2.27. The van der Waals surface area contributed by atoms with Crippen LogP contribution in [0.1, 0.15) is 27.7 Å². The highest BCUT2D eigenvalue weighted by molar-refractivity contribution is 7.88. The first-order valence-corrected chi connectivity index (χ1v) is 8.14. The summed E-state index contributed by atoms with van der Waals surface area (Å²) in [5.41, 5.74) is 0.0332. The van der Waals surface area contributed by atoms with E-state index in [9.17, 15) is 13.2 Å². The van der Waals surface area contributed by atoms with Crippen LogP contribution >= 0.6 is 23.2 Å². The van der Waals surface area contributed by atoms with Crippen LogP contribution in [0, 0.1) is 0 Å². The average Bonchev–Trinajstić information content (AvgIpc) is 2.22. The van der Waals surface area contributed by atoms with Gasteiger partial charge in [0.15, 0.2) is 0 Å². The standard InChI is InChI=1S/C12H16Cl2N2O3S/c1-7(2)16(8(3)4)20(18,19)15-9-5-10(13)12(17)11(14)6-9/h5-8H,1-4H3. The van der Waals surface area contributed by atoms with Gasteiger partial charge in [0.2, 0.25) is 5.78 Å². The second-order valence-electron chi connectivity index (χ2n) is 4.83. The topological polar surface area (TPSA) is 66.8 Å². The molecule has 1 aliphatic rings. The SMILES string of the molecule is CC(C)N(C(C)C)S(=O)(=O)N=C1C=C(Cl)C(=O)C(Cl)=C1. The predicted octanol–water partition coefficient (Wildman–Crippen LogP) is 2.62. The molecule has 0 aromatic heterocycles. The molecule has 0 fully saturated rings. The van der Waals surface area contributed by atoms with Crippen molar-refractivity contribution in [2.24, 2.45) is 4.40 Å². The Balaban J connectivity index is 3.25. The summed E-state index contributed by atoms with van der Waals surface area (Å²) in [4.78, 5) is 11.4. The van der Waals surface area contributed by atoms with Gasteiger partial charge in [-0.2, -0.15) is 12.7 Å². The Morgan fingerprint density at radius 1 is 1.05 bits per heavy atom. The average molecular weight is 339 g/mol. The Kier molecular flexibility index (Phi) is 5.54. The molecule has 1 rings (SSSR count). The molecule has 0 aromatic carbocycles. The van der Waals surface area contributed by atoms with Gasteiger partial charge in [-0.3, -0.25) is 4.79 Å². The molecule has 0 aromatic rings. The van der Waals surface area contributed by atoms with Gasteiger partial charge in [-0.15, -0.1) is 4.40 Å². The highest BCUT2D eigenvalue weighted by Gasteiger charge is 2.28. The Bertz CT molecular complexity index is 572. The van der Waals surface area contributed by atoms with Crippen molar-refractivity contribution >= 4 is 44.9 Å². The van der Waals surface area contributed by atoms with E-state index in [0.29, 0.717) is 0 Å². The van der Waals surface area contributed by atoms with Crippen molar-refractivity contribution in [3.8, 4) is 0 Å². The Morgan fingerprint density at radius 3 is 1.80 bits per heavy atom. The van der Waals surface area contributed by atoms with Gasteiger partial charge < -0.3 is 0 Å². The molecule has 0 bridgehead atoms.